The third-order valence-corrected chi connectivity index (χ3v) is 8.73. The molecule has 0 spiro atoms. The van der Waals surface area contributed by atoms with E-state index < -0.39 is 5.97 Å². The Morgan fingerprint density at radius 2 is 1.54 bits per heavy atom. The first-order valence-corrected chi connectivity index (χ1v) is 16.4. The minimum atomic E-state index is -1.01. The number of para-hydroxylation sites is 1. The highest BCUT2D eigenvalue weighted by Crippen LogP contribution is 2.32. The van der Waals surface area contributed by atoms with Gasteiger partial charge in [0.05, 0.1) is 0 Å². The van der Waals surface area contributed by atoms with E-state index in [0.717, 1.165) is 61.3 Å². The Labute approximate surface area is 277 Å². The Bertz CT molecular complexity index is 1580. The summed E-state index contributed by atoms with van der Waals surface area (Å²) in [5, 5.41) is 10.5. The highest BCUT2D eigenvalue weighted by Gasteiger charge is 2.22. The molecule has 0 bridgehead atoms. The first-order chi connectivity index (χ1) is 22.2. The van der Waals surface area contributed by atoms with Crippen molar-refractivity contribution < 1.29 is 19.4 Å². The van der Waals surface area contributed by atoms with Crippen LogP contribution >= 0.6 is 11.6 Å². The van der Waals surface area contributed by atoms with Crippen LogP contribution in [-0.2, 0) is 6.54 Å². The second-order valence-corrected chi connectivity index (χ2v) is 12.7. The number of benzene rings is 4. The molecule has 7 nitrogen and oxygen atoms in total. The zero-order valence-corrected chi connectivity index (χ0v) is 27.9. The van der Waals surface area contributed by atoms with E-state index in [4.69, 9.17) is 21.1 Å². The standard InChI is InChI=1S/C38H44ClN3O4/c1-27(2)42(28(3)4)22-23-45-34-15-17-35(29-10-12-31(39)13-11-29)30(24-34)26-40-18-20-41(21-19-40)32-14-16-36(38(43)44)37(25-32)46-33-8-6-5-7-9-33/h5-17,24-25,27-28H,18-23,26H2,1-4H3,(H,43,44). The summed E-state index contributed by atoms with van der Waals surface area (Å²) < 4.78 is 12.3. The molecule has 242 valence electrons. The summed E-state index contributed by atoms with van der Waals surface area (Å²) in [4.78, 5) is 19.1. The van der Waals surface area contributed by atoms with E-state index in [-0.39, 0.29) is 5.56 Å². The van der Waals surface area contributed by atoms with Crippen molar-refractivity contribution in [3.05, 3.63) is 107 Å². The number of halogens is 1. The van der Waals surface area contributed by atoms with E-state index in [1.165, 1.54) is 11.1 Å². The lowest BCUT2D eigenvalue weighted by Crippen LogP contribution is -2.46. The number of aromatic carboxylic acids is 1. The summed E-state index contributed by atoms with van der Waals surface area (Å²) in [6.07, 6.45) is 0. The third-order valence-electron chi connectivity index (χ3n) is 8.47. The van der Waals surface area contributed by atoms with E-state index in [0.29, 0.717) is 30.2 Å². The molecule has 1 fully saturated rings. The van der Waals surface area contributed by atoms with Crippen molar-refractivity contribution in [3.63, 3.8) is 0 Å². The fourth-order valence-electron chi connectivity index (χ4n) is 6.07. The molecule has 0 unspecified atom stereocenters. The molecule has 4 aromatic carbocycles. The molecule has 0 amide bonds. The van der Waals surface area contributed by atoms with Gasteiger partial charge < -0.3 is 19.5 Å². The highest BCUT2D eigenvalue weighted by atomic mass is 35.5. The maximum Gasteiger partial charge on any atom is 0.339 e. The van der Waals surface area contributed by atoms with Crippen molar-refractivity contribution in [2.45, 2.75) is 46.3 Å². The molecule has 1 N–H and O–H groups in total. The van der Waals surface area contributed by atoms with Crippen molar-refractivity contribution in [1.82, 2.24) is 9.80 Å². The van der Waals surface area contributed by atoms with E-state index >= 15 is 0 Å². The van der Waals surface area contributed by atoms with E-state index in [1.54, 1.807) is 6.07 Å². The largest absolute Gasteiger partial charge is 0.492 e. The Morgan fingerprint density at radius 1 is 0.848 bits per heavy atom. The maximum atomic E-state index is 11.9. The molecular formula is C38H44ClN3O4. The van der Waals surface area contributed by atoms with Gasteiger partial charge in [-0.2, -0.15) is 0 Å². The van der Waals surface area contributed by atoms with Crippen LogP contribution in [0.2, 0.25) is 5.02 Å². The SMILES string of the molecule is CC(C)N(CCOc1ccc(-c2ccc(Cl)cc2)c(CN2CCN(c3ccc(C(=O)O)c(Oc4ccccc4)c3)CC2)c1)C(C)C. The van der Waals surface area contributed by atoms with Gasteiger partial charge in [-0.1, -0.05) is 48.0 Å². The van der Waals surface area contributed by atoms with Crippen LogP contribution in [0.4, 0.5) is 5.69 Å². The molecule has 0 aliphatic carbocycles. The third kappa shape index (κ3) is 8.60. The zero-order chi connectivity index (χ0) is 32.6. The molecule has 5 rings (SSSR count). The summed E-state index contributed by atoms with van der Waals surface area (Å²) in [5.41, 5.74) is 4.60. The van der Waals surface area contributed by atoms with Crippen LogP contribution in [-0.4, -0.2) is 72.3 Å². The van der Waals surface area contributed by atoms with Crippen molar-refractivity contribution in [2.24, 2.45) is 0 Å². The van der Waals surface area contributed by atoms with E-state index in [9.17, 15) is 9.90 Å². The van der Waals surface area contributed by atoms with Crippen LogP contribution < -0.4 is 14.4 Å². The second-order valence-electron chi connectivity index (χ2n) is 12.3. The number of hydrogen-bond donors (Lipinski definition) is 1. The number of ether oxygens (including phenoxy) is 2. The number of carbonyl (C=O) groups is 1. The van der Waals surface area contributed by atoms with Crippen LogP contribution in [0.15, 0.2) is 91.0 Å². The number of rotatable bonds is 13. The Kier molecular flexibility index (Phi) is 11.2. The molecular weight excluding hydrogens is 598 g/mol. The lowest BCUT2D eigenvalue weighted by Gasteiger charge is -2.36. The lowest BCUT2D eigenvalue weighted by molar-refractivity contribution is 0.0694. The molecule has 0 radical (unpaired) electrons. The average Bonchev–Trinajstić information content (AvgIpc) is 3.04. The van der Waals surface area contributed by atoms with Crippen LogP contribution in [0.3, 0.4) is 0 Å². The van der Waals surface area contributed by atoms with Gasteiger partial charge in [0.15, 0.2) is 0 Å². The molecule has 0 saturated carbocycles. The first-order valence-electron chi connectivity index (χ1n) is 16.0. The summed E-state index contributed by atoms with van der Waals surface area (Å²) in [6, 6.07) is 29.9. The number of anilines is 1. The minimum absolute atomic E-state index is 0.143. The Balaban J connectivity index is 1.29. The molecule has 46 heavy (non-hydrogen) atoms. The monoisotopic (exact) mass is 641 g/mol. The smallest absolute Gasteiger partial charge is 0.339 e. The number of piperazine rings is 1. The first kappa shape index (κ1) is 33.3. The summed E-state index contributed by atoms with van der Waals surface area (Å²) >= 11 is 6.21. The zero-order valence-electron chi connectivity index (χ0n) is 27.2. The summed E-state index contributed by atoms with van der Waals surface area (Å²) in [6.45, 7) is 14.5. The van der Waals surface area contributed by atoms with Gasteiger partial charge in [0.2, 0.25) is 0 Å². The van der Waals surface area contributed by atoms with Gasteiger partial charge in [0.25, 0.3) is 0 Å². The quantitative estimate of drug-likeness (QED) is 0.157. The molecule has 1 aliphatic heterocycles. The molecule has 8 heteroatoms. The predicted octanol–water partition coefficient (Wildman–Crippen LogP) is 8.32. The van der Waals surface area contributed by atoms with Crippen LogP contribution in [0.1, 0.15) is 43.6 Å². The highest BCUT2D eigenvalue weighted by molar-refractivity contribution is 6.30. The van der Waals surface area contributed by atoms with Crippen LogP contribution in [0.5, 0.6) is 17.2 Å². The van der Waals surface area contributed by atoms with Gasteiger partial charge in [0.1, 0.15) is 29.4 Å². The van der Waals surface area contributed by atoms with E-state index in [2.05, 4.69) is 72.7 Å². The Hall–Kier alpha value is -4.04. The number of nitrogens with zero attached hydrogens (tertiary/aromatic N) is 3. The van der Waals surface area contributed by atoms with Gasteiger partial charge in [-0.3, -0.25) is 9.80 Å². The molecule has 0 aromatic heterocycles. The maximum absolute atomic E-state index is 11.9. The van der Waals surface area contributed by atoms with Crippen molar-refractivity contribution in [1.29, 1.82) is 0 Å². The van der Waals surface area contributed by atoms with Gasteiger partial charge >= 0.3 is 5.97 Å². The topological polar surface area (TPSA) is 65.5 Å². The van der Waals surface area contributed by atoms with Crippen molar-refractivity contribution in [2.75, 3.05) is 44.2 Å². The van der Waals surface area contributed by atoms with Crippen LogP contribution in [0, 0.1) is 0 Å². The number of carboxylic acid groups (broad SMARTS) is 1. The number of hydrogen-bond acceptors (Lipinski definition) is 6. The molecule has 4 aromatic rings. The predicted molar refractivity (Wildman–Crippen MR) is 187 cm³/mol. The van der Waals surface area contributed by atoms with Gasteiger partial charge in [-0.15, -0.1) is 0 Å². The second kappa shape index (κ2) is 15.5. The van der Waals surface area contributed by atoms with Gasteiger partial charge in [-0.25, -0.2) is 4.79 Å². The number of carboxylic acids is 1. The molecule has 0 atom stereocenters. The van der Waals surface area contributed by atoms with Crippen LogP contribution in [0.25, 0.3) is 11.1 Å². The Morgan fingerprint density at radius 3 is 2.20 bits per heavy atom. The lowest BCUT2D eigenvalue weighted by atomic mass is 9.98. The van der Waals surface area contributed by atoms with Crippen molar-refractivity contribution in [3.8, 4) is 28.4 Å². The molecule has 1 aliphatic rings. The minimum Gasteiger partial charge on any atom is -0.492 e. The normalized spacial score (nSPS) is 13.9. The van der Waals surface area contributed by atoms with E-state index in [1.807, 2.05) is 54.6 Å². The summed E-state index contributed by atoms with van der Waals surface area (Å²) in [5.74, 6) is 0.810. The average molecular weight is 642 g/mol. The molecule has 1 heterocycles. The van der Waals surface area contributed by atoms with Gasteiger partial charge in [0, 0.05) is 68.1 Å². The molecule has 1 saturated heterocycles. The summed E-state index contributed by atoms with van der Waals surface area (Å²) in [7, 11) is 0. The van der Waals surface area contributed by atoms with Gasteiger partial charge in [-0.05, 0) is 92.9 Å². The fourth-order valence-corrected chi connectivity index (χ4v) is 6.20. The van der Waals surface area contributed by atoms with Crippen molar-refractivity contribution >= 4 is 23.3 Å². The fraction of sp³-hybridized carbons (Fsp3) is 0.342.